The molecule has 1 aromatic rings. The zero-order chi connectivity index (χ0) is 12.1. The van der Waals surface area contributed by atoms with Crippen molar-refractivity contribution in [3.63, 3.8) is 0 Å². The van der Waals surface area contributed by atoms with Crippen molar-refractivity contribution in [3.8, 4) is 5.88 Å². The fourth-order valence-electron chi connectivity index (χ4n) is 2.24. The van der Waals surface area contributed by atoms with Crippen molar-refractivity contribution in [1.82, 2.24) is 10.3 Å². The number of hydrogen-bond acceptors (Lipinski definition) is 4. The molecule has 1 N–H and O–H groups in total. The van der Waals surface area contributed by atoms with Gasteiger partial charge in [-0.1, -0.05) is 6.07 Å². The van der Waals surface area contributed by atoms with Crippen molar-refractivity contribution < 1.29 is 9.47 Å². The molecule has 1 saturated carbocycles. The van der Waals surface area contributed by atoms with E-state index in [0.29, 0.717) is 18.0 Å². The van der Waals surface area contributed by atoms with Crippen LogP contribution >= 0.6 is 0 Å². The second-order valence-electron chi connectivity index (χ2n) is 4.46. The van der Waals surface area contributed by atoms with Gasteiger partial charge in [0.25, 0.3) is 0 Å². The number of nitrogens with one attached hydrogen (secondary N) is 1. The van der Waals surface area contributed by atoms with Gasteiger partial charge < -0.3 is 14.8 Å². The van der Waals surface area contributed by atoms with Gasteiger partial charge in [-0.25, -0.2) is 4.98 Å². The van der Waals surface area contributed by atoms with Crippen molar-refractivity contribution in [2.24, 2.45) is 0 Å². The lowest BCUT2D eigenvalue weighted by Crippen LogP contribution is -2.26. The van der Waals surface area contributed by atoms with Crippen LogP contribution in [-0.2, 0) is 11.3 Å². The third-order valence-electron chi connectivity index (χ3n) is 3.32. The Morgan fingerprint density at radius 2 is 2.24 bits per heavy atom. The SMILES string of the molecule is COc1ccc(CNC2CCC(OC)C2)cn1. The monoisotopic (exact) mass is 236 g/mol. The molecule has 0 aliphatic heterocycles. The van der Waals surface area contributed by atoms with Crippen LogP contribution in [0, 0.1) is 0 Å². The van der Waals surface area contributed by atoms with E-state index in [1.165, 1.54) is 12.0 Å². The Balaban J connectivity index is 1.78. The predicted octanol–water partition coefficient (Wildman–Crippen LogP) is 1.75. The van der Waals surface area contributed by atoms with E-state index in [4.69, 9.17) is 9.47 Å². The number of nitrogens with zero attached hydrogens (tertiary/aromatic N) is 1. The Labute approximate surface area is 102 Å². The molecule has 94 valence electrons. The molecule has 1 fully saturated rings. The van der Waals surface area contributed by atoms with Gasteiger partial charge in [-0.05, 0) is 24.8 Å². The molecule has 2 atom stereocenters. The van der Waals surface area contributed by atoms with Gasteiger partial charge in [-0.15, -0.1) is 0 Å². The fraction of sp³-hybridized carbons (Fsp3) is 0.615. The summed E-state index contributed by atoms with van der Waals surface area (Å²) in [5.41, 5.74) is 1.19. The van der Waals surface area contributed by atoms with Crippen LogP contribution in [0.15, 0.2) is 18.3 Å². The van der Waals surface area contributed by atoms with Crippen molar-refractivity contribution in [2.75, 3.05) is 14.2 Å². The van der Waals surface area contributed by atoms with Crippen LogP contribution in [-0.4, -0.2) is 31.3 Å². The van der Waals surface area contributed by atoms with Crippen LogP contribution in [0.5, 0.6) is 5.88 Å². The first-order valence-corrected chi connectivity index (χ1v) is 6.07. The van der Waals surface area contributed by atoms with Crippen molar-refractivity contribution in [3.05, 3.63) is 23.9 Å². The van der Waals surface area contributed by atoms with Crippen LogP contribution in [0.1, 0.15) is 24.8 Å². The van der Waals surface area contributed by atoms with Crippen LogP contribution in [0.4, 0.5) is 0 Å². The van der Waals surface area contributed by atoms with Crippen LogP contribution in [0.3, 0.4) is 0 Å². The Morgan fingerprint density at radius 3 is 2.82 bits per heavy atom. The number of aromatic nitrogens is 1. The zero-order valence-corrected chi connectivity index (χ0v) is 10.5. The molecule has 1 aliphatic rings. The largest absolute Gasteiger partial charge is 0.481 e. The molecule has 2 unspecified atom stereocenters. The lowest BCUT2D eigenvalue weighted by Gasteiger charge is -2.12. The Bertz CT molecular complexity index is 340. The highest BCUT2D eigenvalue weighted by Crippen LogP contribution is 2.21. The summed E-state index contributed by atoms with van der Waals surface area (Å²) in [4.78, 5) is 4.19. The number of methoxy groups -OCH3 is 2. The van der Waals surface area contributed by atoms with Gasteiger partial charge in [-0.2, -0.15) is 0 Å². The quantitative estimate of drug-likeness (QED) is 0.846. The lowest BCUT2D eigenvalue weighted by atomic mass is 10.2. The molecule has 1 heterocycles. The van der Waals surface area contributed by atoms with Crippen LogP contribution in [0.25, 0.3) is 0 Å². The zero-order valence-electron chi connectivity index (χ0n) is 10.5. The van der Waals surface area contributed by atoms with E-state index < -0.39 is 0 Å². The van der Waals surface area contributed by atoms with Crippen molar-refractivity contribution in [1.29, 1.82) is 0 Å². The Hall–Kier alpha value is -1.13. The second kappa shape index (κ2) is 5.98. The first-order chi connectivity index (χ1) is 8.31. The molecule has 0 aromatic carbocycles. The molecule has 0 saturated heterocycles. The molecular formula is C13H20N2O2. The molecule has 17 heavy (non-hydrogen) atoms. The van der Waals surface area contributed by atoms with Gasteiger partial charge in [-0.3, -0.25) is 0 Å². The van der Waals surface area contributed by atoms with E-state index in [9.17, 15) is 0 Å². The number of hydrogen-bond donors (Lipinski definition) is 1. The maximum atomic E-state index is 5.35. The molecule has 2 rings (SSSR count). The highest BCUT2D eigenvalue weighted by Gasteiger charge is 2.23. The first-order valence-electron chi connectivity index (χ1n) is 6.07. The first kappa shape index (κ1) is 12.3. The van der Waals surface area contributed by atoms with Gasteiger partial charge in [0.1, 0.15) is 0 Å². The third kappa shape index (κ3) is 3.41. The summed E-state index contributed by atoms with van der Waals surface area (Å²) in [5.74, 6) is 0.661. The minimum Gasteiger partial charge on any atom is -0.481 e. The summed E-state index contributed by atoms with van der Waals surface area (Å²) in [6.07, 6.45) is 5.76. The maximum absolute atomic E-state index is 5.35. The molecule has 4 nitrogen and oxygen atoms in total. The summed E-state index contributed by atoms with van der Waals surface area (Å²) < 4.78 is 10.4. The molecule has 0 spiro atoms. The standard InChI is InChI=1S/C13H20N2O2/c1-16-12-5-4-11(7-12)14-8-10-3-6-13(17-2)15-9-10/h3,6,9,11-12,14H,4-5,7-8H2,1-2H3. The van der Waals surface area contributed by atoms with Crippen molar-refractivity contribution in [2.45, 2.75) is 38.0 Å². The molecule has 0 radical (unpaired) electrons. The van der Waals surface area contributed by atoms with E-state index in [0.717, 1.165) is 19.4 Å². The number of pyridine rings is 1. The molecule has 0 bridgehead atoms. The summed E-state index contributed by atoms with van der Waals surface area (Å²) >= 11 is 0. The van der Waals surface area contributed by atoms with Crippen LogP contribution < -0.4 is 10.1 Å². The van der Waals surface area contributed by atoms with Gasteiger partial charge >= 0.3 is 0 Å². The average Bonchev–Trinajstić information content (AvgIpc) is 2.85. The van der Waals surface area contributed by atoms with Gasteiger partial charge in [0.2, 0.25) is 5.88 Å². The van der Waals surface area contributed by atoms with Crippen molar-refractivity contribution >= 4 is 0 Å². The number of ether oxygens (including phenoxy) is 2. The fourth-order valence-corrected chi connectivity index (χ4v) is 2.24. The maximum Gasteiger partial charge on any atom is 0.212 e. The third-order valence-corrected chi connectivity index (χ3v) is 3.32. The van der Waals surface area contributed by atoms with Gasteiger partial charge in [0.15, 0.2) is 0 Å². The number of rotatable bonds is 5. The van der Waals surface area contributed by atoms with Crippen LogP contribution in [0.2, 0.25) is 0 Å². The minimum atomic E-state index is 0.432. The minimum absolute atomic E-state index is 0.432. The summed E-state index contributed by atoms with van der Waals surface area (Å²) in [6.45, 7) is 0.859. The van der Waals surface area contributed by atoms with E-state index in [1.807, 2.05) is 18.3 Å². The molecule has 1 aliphatic carbocycles. The van der Waals surface area contributed by atoms with Gasteiger partial charge in [0, 0.05) is 32.0 Å². The van der Waals surface area contributed by atoms with E-state index in [1.54, 1.807) is 14.2 Å². The summed E-state index contributed by atoms with van der Waals surface area (Å²) in [7, 11) is 3.42. The van der Waals surface area contributed by atoms with E-state index in [-0.39, 0.29) is 0 Å². The lowest BCUT2D eigenvalue weighted by molar-refractivity contribution is 0.107. The predicted molar refractivity (Wildman–Crippen MR) is 66.1 cm³/mol. The topological polar surface area (TPSA) is 43.4 Å². The average molecular weight is 236 g/mol. The normalized spacial score (nSPS) is 23.9. The highest BCUT2D eigenvalue weighted by atomic mass is 16.5. The smallest absolute Gasteiger partial charge is 0.212 e. The Morgan fingerprint density at radius 1 is 1.35 bits per heavy atom. The highest BCUT2D eigenvalue weighted by molar-refractivity contribution is 5.17. The molecular weight excluding hydrogens is 216 g/mol. The molecule has 1 aromatic heterocycles. The summed E-state index contributed by atoms with van der Waals surface area (Å²) in [5, 5.41) is 3.54. The second-order valence-corrected chi connectivity index (χ2v) is 4.46. The molecule has 4 heteroatoms. The van der Waals surface area contributed by atoms with Gasteiger partial charge in [0.05, 0.1) is 13.2 Å². The van der Waals surface area contributed by atoms with E-state index >= 15 is 0 Å². The van der Waals surface area contributed by atoms with E-state index in [2.05, 4.69) is 10.3 Å². The Kier molecular flexibility index (Phi) is 4.34. The molecule has 0 amide bonds. The summed E-state index contributed by atoms with van der Waals surface area (Å²) in [6, 6.07) is 4.51.